The minimum Gasteiger partial charge on any atom is -0.444 e. The Morgan fingerprint density at radius 1 is 1.42 bits per heavy atom. The van der Waals surface area contributed by atoms with Crippen LogP contribution >= 0.6 is 11.8 Å². The van der Waals surface area contributed by atoms with Crippen molar-refractivity contribution in [2.45, 2.75) is 50.7 Å². The van der Waals surface area contributed by atoms with Gasteiger partial charge in [-0.15, -0.1) is 11.8 Å². The highest BCUT2D eigenvalue weighted by Gasteiger charge is 2.25. The standard InChI is InChI=1S/C15H21NO2S/c1-10-6-5-7-11-12(8-9-19-13(10)11)16-14(17)18-15(2,3)4/h5-7,12H,8-9H2,1-4H3,(H,16,17)/t12-/m0/s1. The Labute approximate surface area is 119 Å². The highest BCUT2D eigenvalue weighted by molar-refractivity contribution is 7.99. The van der Waals surface area contributed by atoms with Crippen LogP contribution in [0, 0.1) is 6.92 Å². The molecular formula is C15H21NO2S. The smallest absolute Gasteiger partial charge is 0.408 e. The first-order chi connectivity index (χ1) is 8.87. The number of hydrogen-bond donors (Lipinski definition) is 1. The zero-order chi connectivity index (χ0) is 14.0. The van der Waals surface area contributed by atoms with E-state index in [0.29, 0.717) is 0 Å². The van der Waals surface area contributed by atoms with E-state index < -0.39 is 5.60 Å². The number of carbonyl (C=O) groups is 1. The molecular weight excluding hydrogens is 258 g/mol. The number of thioether (sulfide) groups is 1. The third kappa shape index (κ3) is 3.66. The van der Waals surface area contributed by atoms with Crippen LogP contribution in [0.5, 0.6) is 0 Å². The second-order valence-electron chi connectivity index (χ2n) is 5.83. The summed E-state index contributed by atoms with van der Waals surface area (Å²) in [7, 11) is 0. The van der Waals surface area contributed by atoms with Crippen molar-refractivity contribution in [2.75, 3.05) is 5.75 Å². The van der Waals surface area contributed by atoms with Crippen LogP contribution in [-0.2, 0) is 4.74 Å². The Morgan fingerprint density at radius 3 is 2.84 bits per heavy atom. The summed E-state index contributed by atoms with van der Waals surface area (Å²) in [6, 6.07) is 6.31. The van der Waals surface area contributed by atoms with Gasteiger partial charge in [0.1, 0.15) is 5.60 Å². The number of aryl methyl sites for hydroxylation is 1. The van der Waals surface area contributed by atoms with Gasteiger partial charge in [0.15, 0.2) is 0 Å². The number of benzene rings is 1. The van der Waals surface area contributed by atoms with Gasteiger partial charge in [-0.1, -0.05) is 18.2 Å². The molecule has 0 unspecified atom stereocenters. The third-order valence-corrected chi connectivity index (χ3v) is 4.25. The SMILES string of the molecule is Cc1cccc2c1SCC[C@@H]2NC(=O)OC(C)(C)C. The normalized spacial score (nSPS) is 18.6. The van der Waals surface area contributed by atoms with E-state index in [9.17, 15) is 4.79 Å². The lowest BCUT2D eigenvalue weighted by Gasteiger charge is -2.28. The number of alkyl carbamates (subject to hydrolysis) is 1. The molecule has 1 heterocycles. The molecule has 2 rings (SSSR count). The number of fused-ring (bicyclic) bond motifs is 1. The van der Waals surface area contributed by atoms with Crippen molar-refractivity contribution in [1.82, 2.24) is 5.32 Å². The summed E-state index contributed by atoms with van der Waals surface area (Å²) >= 11 is 1.87. The first-order valence-corrected chi connectivity index (χ1v) is 7.57. The Kier molecular flexibility index (Phi) is 4.09. The molecule has 1 N–H and O–H groups in total. The largest absolute Gasteiger partial charge is 0.444 e. The molecule has 0 saturated carbocycles. The molecule has 1 aliphatic heterocycles. The summed E-state index contributed by atoms with van der Waals surface area (Å²) in [6.07, 6.45) is 0.609. The second-order valence-corrected chi connectivity index (χ2v) is 6.93. The maximum absolute atomic E-state index is 11.9. The van der Waals surface area contributed by atoms with Gasteiger partial charge in [0.05, 0.1) is 6.04 Å². The molecule has 0 saturated heterocycles. The topological polar surface area (TPSA) is 38.3 Å². The Hall–Kier alpha value is -1.16. The van der Waals surface area contributed by atoms with E-state index in [2.05, 4.69) is 24.4 Å². The summed E-state index contributed by atoms with van der Waals surface area (Å²) in [5.41, 5.74) is 2.03. The molecule has 1 atom stereocenters. The van der Waals surface area contributed by atoms with E-state index in [1.165, 1.54) is 16.0 Å². The number of ether oxygens (including phenoxy) is 1. The van der Waals surface area contributed by atoms with Gasteiger partial charge in [0.25, 0.3) is 0 Å². The molecule has 1 aromatic rings. The van der Waals surface area contributed by atoms with Crippen LogP contribution in [0.2, 0.25) is 0 Å². The monoisotopic (exact) mass is 279 g/mol. The molecule has 0 aromatic heterocycles. The molecule has 3 nitrogen and oxygen atoms in total. The van der Waals surface area contributed by atoms with E-state index in [1.54, 1.807) is 0 Å². The van der Waals surface area contributed by atoms with Crippen molar-refractivity contribution < 1.29 is 9.53 Å². The first-order valence-electron chi connectivity index (χ1n) is 6.58. The molecule has 1 aromatic carbocycles. The van der Waals surface area contributed by atoms with Crippen molar-refractivity contribution >= 4 is 17.9 Å². The van der Waals surface area contributed by atoms with E-state index in [1.807, 2.05) is 38.6 Å². The number of amides is 1. The average Bonchev–Trinajstić information content (AvgIpc) is 2.28. The Morgan fingerprint density at radius 2 is 2.16 bits per heavy atom. The molecule has 1 aliphatic rings. The van der Waals surface area contributed by atoms with Crippen LogP contribution in [-0.4, -0.2) is 17.4 Å². The van der Waals surface area contributed by atoms with Crippen LogP contribution in [0.25, 0.3) is 0 Å². The van der Waals surface area contributed by atoms with Crippen molar-refractivity contribution in [1.29, 1.82) is 0 Å². The van der Waals surface area contributed by atoms with E-state index in [-0.39, 0.29) is 12.1 Å². The predicted molar refractivity (Wildman–Crippen MR) is 78.6 cm³/mol. The van der Waals surface area contributed by atoms with Gasteiger partial charge in [0, 0.05) is 10.6 Å². The molecule has 0 bridgehead atoms. The fourth-order valence-corrected chi connectivity index (χ4v) is 3.41. The third-order valence-electron chi connectivity index (χ3n) is 2.96. The zero-order valence-electron chi connectivity index (χ0n) is 11.9. The quantitative estimate of drug-likeness (QED) is 0.842. The van der Waals surface area contributed by atoms with Crippen molar-refractivity contribution in [3.63, 3.8) is 0 Å². The fraction of sp³-hybridized carbons (Fsp3) is 0.533. The molecule has 1 amide bonds. The lowest BCUT2D eigenvalue weighted by atomic mass is 10.0. The Balaban J connectivity index is 2.12. The minimum absolute atomic E-state index is 0.0611. The predicted octanol–water partition coefficient (Wildman–Crippen LogP) is 4.06. The van der Waals surface area contributed by atoms with Gasteiger partial charge in [-0.3, -0.25) is 0 Å². The van der Waals surface area contributed by atoms with Gasteiger partial charge in [-0.05, 0) is 45.2 Å². The van der Waals surface area contributed by atoms with Crippen LogP contribution in [0.1, 0.15) is 44.4 Å². The van der Waals surface area contributed by atoms with Gasteiger partial charge >= 0.3 is 6.09 Å². The minimum atomic E-state index is -0.455. The highest BCUT2D eigenvalue weighted by Crippen LogP contribution is 2.38. The van der Waals surface area contributed by atoms with Crippen molar-refractivity contribution in [3.05, 3.63) is 29.3 Å². The highest BCUT2D eigenvalue weighted by atomic mass is 32.2. The lowest BCUT2D eigenvalue weighted by Crippen LogP contribution is -2.36. The molecule has 104 valence electrons. The molecule has 0 radical (unpaired) electrons. The maximum atomic E-state index is 11.9. The molecule has 4 heteroatoms. The van der Waals surface area contributed by atoms with Gasteiger partial charge in [0.2, 0.25) is 0 Å². The van der Waals surface area contributed by atoms with Crippen molar-refractivity contribution in [3.8, 4) is 0 Å². The van der Waals surface area contributed by atoms with Crippen LogP contribution in [0.4, 0.5) is 4.79 Å². The summed E-state index contributed by atoms with van der Waals surface area (Å²) in [5.74, 6) is 1.03. The van der Waals surface area contributed by atoms with E-state index >= 15 is 0 Å². The lowest BCUT2D eigenvalue weighted by molar-refractivity contribution is 0.0501. The van der Waals surface area contributed by atoms with Gasteiger partial charge in [-0.2, -0.15) is 0 Å². The molecule has 19 heavy (non-hydrogen) atoms. The van der Waals surface area contributed by atoms with Gasteiger partial charge < -0.3 is 10.1 Å². The first kappa shape index (κ1) is 14.3. The molecule has 0 aliphatic carbocycles. The van der Waals surface area contributed by atoms with Crippen LogP contribution in [0.15, 0.2) is 23.1 Å². The van der Waals surface area contributed by atoms with E-state index in [0.717, 1.165) is 12.2 Å². The Bertz CT molecular complexity index is 480. The van der Waals surface area contributed by atoms with E-state index in [4.69, 9.17) is 4.74 Å². The molecule has 0 spiro atoms. The van der Waals surface area contributed by atoms with Crippen molar-refractivity contribution in [2.24, 2.45) is 0 Å². The second kappa shape index (κ2) is 5.45. The summed E-state index contributed by atoms with van der Waals surface area (Å²) in [5, 5.41) is 2.98. The molecule has 0 fully saturated rings. The summed E-state index contributed by atoms with van der Waals surface area (Å²) < 4.78 is 5.33. The number of nitrogens with one attached hydrogen (secondary N) is 1. The number of carbonyl (C=O) groups excluding carboxylic acids is 1. The zero-order valence-corrected chi connectivity index (χ0v) is 12.8. The summed E-state index contributed by atoms with van der Waals surface area (Å²) in [6.45, 7) is 7.74. The van der Waals surface area contributed by atoms with Crippen LogP contribution < -0.4 is 5.32 Å². The van der Waals surface area contributed by atoms with Crippen LogP contribution in [0.3, 0.4) is 0 Å². The number of hydrogen-bond acceptors (Lipinski definition) is 3. The maximum Gasteiger partial charge on any atom is 0.408 e. The average molecular weight is 279 g/mol. The summed E-state index contributed by atoms with van der Waals surface area (Å²) in [4.78, 5) is 13.2. The fourth-order valence-electron chi connectivity index (χ4n) is 2.18. The number of rotatable bonds is 1. The van der Waals surface area contributed by atoms with Gasteiger partial charge in [-0.25, -0.2) is 4.79 Å².